The molecule has 0 heterocycles. The van der Waals surface area contributed by atoms with Crippen molar-refractivity contribution in [3.05, 3.63) is 99.0 Å². The summed E-state index contributed by atoms with van der Waals surface area (Å²) in [5, 5.41) is 3.73. The highest BCUT2D eigenvalue weighted by atomic mass is 79.9. The Morgan fingerprint density at radius 1 is 0.955 bits per heavy atom. The van der Waals surface area contributed by atoms with Crippen molar-refractivity contribution in [1.82, 2.24) is 10.2 Å². The van der Waals surface area contributed by atoms with Gasteiger partial charge in [-0.05, 0) is 67.1 Å². The number of nitrogens with one attached hydrogen (secondary N) is 1. The lowest BCUT2D eigenvalue weighted by molar-refractivity contribution is -0.141. The Kier molecular flexibility index (Phi) is 12.3. The molecule has 1 aliphatic rings. The number of nitrogens with zero attached hydrogens (tertiary/aromatic N) is 2. The molecule has 1 fully saturated rings. The summed E-state index contributed by atoms with van der Waals surface area (Å²) in [5.74, 6) is -0.359. The molecule has 3 aromatic carbocycles. The molecule has 7 nitrogen and oxygen atoms in total. The normalized spacial score (nSPS) is 14.5. The largest absolute Gasteiger partial charge is 0.352 e. The molecule has 10 heteroatoms. The van der Waals surface area contributed by atoms with E-state index in [-0.39, 0.29) is 43.8 Å². The van der Waals surface area contributed by atoms with Gasteiger partial charge in [-0.2, -0.15) is 0 Å². The summed E-state index contributed by atoms with van der Waals surface area (Å²) in [6.07, 6.45) is 7.09. The molecule has 2 amide bonds. The molecule has 44 heavy (non-hydrogen) atoms. The molecule has 0 aromatic heterocycles. The van der Waals surface area contributed by atoms with Gasteiger partial charge in [0.15, 0.2) is 0 Å². The predicted octanol–water partition coefficient (Wildman–Crippen LogP) is 7.05. The molecular weight excluding hydrogens is 662 g/mol. The first-order valence-electron chi connectivity index (χ1n) is 15.1. The van der Waals surface area contributed by atoms with Gasteiger partial charge in [0.1, 0.15) is 6.04 Å². The molecule has 1 atom stereocenters. The first-order valence-corrected chi connectivity index (χ1v) is 18.2. The highest BCUT2D eigenvalue weighted by Crippen LogP contribution is 2.29. The highest BCUT2D eigenvalue weighted by Gasteiger charge is 2.32. The Morgan fingerprint density at radius 3 is 2.30 bits per heavy atom. The average Bonchev–Trinajstić information content (AvgIpc) is 3.00. The van der Waals surface area contributed by atoms with E-state index in [9.17, 15) is 18.0 Å². The SMILES string of the molecule is Cc1c(Cl)cccc1N(CCCC(=O)N(Cc1ccc(Br)cc1)[C@@H](Cc1ccccc1)C(=O)NC1CCCCC1)S(C)(=O)=O. The van der Waals surface area contributed by atoms with Crippen molar-refractivity contribution >= 4 is 55.1 Å². The van der Waals surface area contributed by atoms with Gasteiger partial charge in [0.05, 0.1) is 11.9 Å². The van der Waals surface area contributed by atoms with Crippen LogP contribution in [0.4, 0.5) is 5.69 Å². The molecule has 0 bridgehead atoms. The van der Waals surface area contributed by atoms with Crippen molar-refractivity contribution in [2.24, 2.45) is 0 Å². The zero-order valence-electron chi connectivity index (χ0n) is 25.3. The van der Waals surface area contributed by atoms with Crippen molar-refractivity contribution in [3.63, 3.8) is 0 Å². The average molecular weight is 703 g/mol. The third-order valence-corrected chi connectivity index (χ3v) is 10.3. The molecular formula is C34H41BrClN3O4S. The van der Waals surface area contributed by atoms with Crippen LogP contribution in [0.25, 0.3) is 0 Å². The zero-order chi connectivity index (χ0) is 31.7. The van der Waals surface area contributed by atoms with E-state index in [0.29, 0.717) is 22.7 Å². The molecule has 1 saturated carbocycles. The molecule has 0 saturated heterocycles. The third-order valence-electron chi connectivity index (χ3n) is 8.15. The van der Waals surface area contributed by atoms with Crippen molar-refractivity contribution in [2.45, 2.75) is 76.9 Å². The van der Waals surface area contributed by atoms with E-state index < -0.39 is 16.1 Å². The summed E-state index contributed by atoms with van der Waals surface area (Å²) in [6, 6.07) is 22.0. The zero-order valence-corrected chi connectivity index (χ0v) is 28.5. The fourth-order valence-corrected chi connectivity index (χ4v) is 7.18. The molecule has 0 aliphatic heterocycles. The van der Waals surface area contributed by atoms with Crippen LogP contribution in [-0.2, 0) is 32.6 Å². The quantitative estimate of drug-likeness (QED) is 0.207. The minimum Gasteiger partial charge on any atom is -0.352 e. The molecule has 0 spiro atoms. The summed E-state index contributed by atoms with van der Waals surface area (Å²) in [7, 11) is -3.63. The van der Waals surface area contributed by atoms with Gasteiger partial charge in [0.25, 0.3) is 0 Å². The number of carbonyl (C=O) groups is 2. The summed E-state index contributed by atoms with van der Waals surface area (Å²) in [5.41, 5.74) is 3.01. The molecule has 236 valence electrons. The van der Waals surface area contributed by atoms with Crippen molar-refractivity contribution < 1.29 is 18.0 Å². The standard InChI is InChI=1S/C34H41BrClN3O4S/c1-25-30(36)15-9-16-31(25)39(44(2,42)43)22-10-17-33(40)38(24-27-18-20-28(35)21-19-27)32(23-26-11-5-3-6-12-26)34(41)37-29-13-7-4-8-14-29/h3,5-6,9,11-12,15-16,18-21,29,32H,4,7-8,10,13-14,17,22-24H2,1-2H3,(H,37,41)/t32-/m0/s1. The van der Waals surface area contributed by atoms with Gasteiger partial charge in [0, 0.05) is 41.5 Å². The lowest BCUT2D eigenvalue weighted by Gasteiger charge is -2.34. The maximum atomic E-state index is 14.1. The van der Waals surface area contributed by atoms with E-state index in [4.69, 9.17) is 11.6 Å². The minimum absolute atomic E-state index is 0.0736. The van der Waals surface area contributed by atoms with E-state index in [0.717, 1.165) is 47.5 Å². The van der Waals surface area contributed by atoms with Crippen LogP contribution in [-0.4, -0.2) is 50.0 Å². The van der Waals surface area contributed by atoms with Gasteiger partial charge in [-0.15, -0.1) is 0 Å². The molecule has 4 rings (SSSR count). The lowest BCUT2D eigenvalue weighted by atomic mass is 9.94. The van der Waals surface area contributed by atoms with Gasteiger partial charge >= 0.3 is 0 Å². The Balaban J connectivity index is 1.60. The summed E-state index contributed by atoms with van der Waals surface area (Å²) < 4.78 is 27.8. The smallest absolute Gasteiger partial charge is 0.243 e. The van der Waals surface area contributed by atoms with E-state index in [1.54, 1.807) is 30.0 Å². The van der Waals surface area contributed by atoms with E-state index in [2.05, 4.69) is 21.2 Å². The van der Waals surface area contributed by atoms with Gasteiger partial charge in [-0.3, -0.25) is 13.9 Å². The monoisotopic (exact) mass is 701 g/mol. The molecule has 3 aromatic rings. The Hall–Kier alpha value is -2.88. The van der Waals surface area contributed by atoms with Crippen LogP contribution < -0.4 is 9.62 Å². The minimum atomic E-state index is -3.63. The first-order chi connectivity index (χ1) is 21.0. The summed E-state index contributed by atoms with van der Waals surface area (Å²) >= 11 is 9.78. The van der Waals surface area contributed by atoms with Crippen LogP contribution in [0, 0.1) is 6.92 Å². The van der Waals surface area contributed by atoms with Gasteiger partial charge in [-0.1, -0.05) is 95.3 Å². The Labute approximate surface area is 275 Å². The van der Waals surface area contributed by atoms with Crippen molar-refractivity contribution in [3.8, 4) is 0 Å². The van der Waals surface area contributed by atoms with E-state index >= 15 is 0 Å². The molecule has 0 unspecified atom stereocenters. The number of hydrogen-bond acceptors (Lipinski definition) is 4. The lowest BCUT2D eigenvalue weighted by Crippen LogP contribution is -2.52. The number of benzene rings is 3. The molecule has 1 N–H and O–H groups in total. The third kappa shape index (κ3) is 9.56. The fourth-order valence-electron chi connectivity index (χ4n) is 5.73. The number of carbonyl (C=O) groups excluding carboxylic acids is 2. The predicted molar refractivity (Wildman–Crippen MR) is 181 cm³/mol. The van der Waals surface area contributed by atoms with Crippen LogP contribution in [0.1, 0.15) is 61.6 Å². The second-order valence-corrected chi connectivity index (χ2v) is 14.7. The van der Waals surface area contributed by atoms with Crippen LogP contribution in [0.2, 0.25) is 5.02 Å². The molecule has 1 aliphatic carbocycles. The number of rotatable bonds is 13. The van der Waals surface area contributed by atoms with Crippen LogP contribution >= 0.6 is 27.5 Å². The second-order valence-electron chi connectivity index (χ2n) is 11.5. The number of amides is 2. The fraction of sp³-hybridized carbons (Fsp3) is 0.412. The number of sulfonamides is 1. The number of hydrogen-bond donors (Lipinski definition) is 1. The van der Waals surface area contributed by atoms with Gasteiger partial charge in [-0.25, -0.2) is 8.42 Å². The van der Waals surface area contributed by atoms with E-state index in [1.807, 2.05) is 54.6 Å². The topological polar surface area (TPSA) is 86.8 Å². The van der Waals surface area contributed by atoms with Crippen LogP contribution in [0.15, 0.2) is 77.3 Å². The Bertz CT molecular complexity index is 1510. The maximum absolute atomic E-state index is 14.1. The maximum Gasteiger partial charge on any atom is 0.243 e. The van der Waals surface area contributed by atoms with Crippen molar-refractivity contribution in [2.75, 3.05) is 17.1 Å². The van der Waals surface area contributed by atoms with Crippen LogP contribution in [0.5, 0.6) is 0 Å². The number of anilines is 1. The molecule has 0 radical (unpaired) electrons. The van der Waals surface area contributed by atoms with Gasteiger partial charge in [0.2, 0.25) is 21.8 Å². The Morgan fingerprint density at radius 2 is 1.64 bits per heavy atom. The van der Waals surface area contributed by atoms with Gasteiger partial charge < -0.3 is 10.2 Å². The first kappa shape index (κ1) is 34.0. The summed E-state index contributed by atoms with van der Waals surface area (Å²) in [4.78, 5) is 29.7. The van der Waals surface area contributed by atoms with Crippen LogP contribution in [0.3, 0.4) is 0 Å². The number of halogens is 2. The van der Waals surface area contributed by atoms with E-state index in [1.165, 1.54) is 10.7 Å². The van der Waals surface area contributed by atoms with Crippen molar-refractivity contribution in [1.29, 1.82) is 0 Å². The highest BCUT2D eigenvalue weighted by molar-refractivity contribution is 9.10. The summed E-state index contributed by atoms with van der Waals surface area (Å²) in [6.45, 7) is 2.14. The second kappa shape index (κ2) is 15.9.